The third-order valence-electron chi connectivity index (χ3n) is 4.38. The highest BCUT2D eigenvalue weighted by Crippen LogP contribution is 2.25. The minimum Gasteiger partial charge on any atom is -0.493 e. The maximum Gasteiger partial charge on any atom is 0.265 e. The summed E-state index contributed by atoms with van der Waals surface area (Å²) < 4.78 is 1.66. The number of aryl methyl sites for hydroxylation is 2. The van der Waals surface area contributed by atoms with Crippen LogP contribution in [0.1, 0.15) is 56.2 Å². The van der Waals surface area contributed by atoms with Gasteiger partial charge in [0.2, 0.25) is 5.88 Å². The molecule has 4 nitrogen and oxygen atoms in total. The van der Waals surface area contributed by atoms with Crippen LogP contribution in [0.15, 0.2) is 28.2 Å². The fourth-order valence-electron chi connectivity index (χ4n) is 2.59. The Hall–Kier alpha value is -1.75. The summed E-state index contributed by atoms with van der Waals surface area (Å²) in [5.74, 6) is 0.763. The molecule has 0 saturated heterocycles. The molecule has 1 aromatic heterocycles. The van der Waals surface area contributed by atoms with Crippen LogP contribution in [0.25, 0.3) is 5.69 Å². The third kappa shape index (κ3) is 4.66. The lowest BCUT2D eigenvalue weighted by atomic mass is 10.1. The molecule has 0 atom stereocenters. The lowest BCUT2D eigenvalue weighted by molar-refractivity contribution is 0.430. The van der Waals surface area contributed by atoms with Crippen LogP contribution in [-0.4, -0.2) is 20.4 Å². The van der Waals surface area contributed by atoms with E-state index in [0.717, 1.165) is 42.7 Å². The molecule has 1 aromatic carbocycles. The van der Waals surface area contributed by atoms with Crippen molar-refractivity contribution in [2.45, 2.75) is 65.0 Å². The molecule has 1 N–H and O–H groups in total. The fourth-order valence-corrected chi connectivity index (χ4v) is 3.68. The van der Waals surface area contributed by atoms with Gasteiger partial charge in [-0.3, -0.25) is 9.36 Å². The van der Waals surface area contributed by atoms with Crippen LogP contribution in [0.3, 0.4) is 0 Å². The van der Waals surface area contributed by atoms with Crippen molar-refractivity contribution in [1.29, 1.82) is 0 Å². The normalized spacial score (nSPS) is 11.0. The molecule has 0 saturated carbocycles. The second kappa shape index (κ2) is 9.09. The van der Waals surface area contributed by atoms with Crippen molar-refractivity contribution in [2.75, 3.05) is 5.75 Å². The first-order chi connectivity index (χ1) is 12.0. The van der Waals surface area contributed by atoms with Crippen LogP contribution in [0, 0.1) is 13.8 Å². The van der Waals surface area contributed by atoms with E-state index >= 15 is 0 Å². The molecule has 0 fully saturated rings. The molecule has 0 radical (unpaired) electrons. The Morgan fingerprint density at radius 3 is 2.48 bits per heavy atom. The topological polar surface area (TPSA) is 55.1 Å². The van der Waals surface area contributed by atoms with E-state index in [1.807, 2.05) is 25.1 Å². The zero-order chi connectivity index (χ0) is 18.4. The van der Waals surface area contributed by atoms with E-state index in [1.54, 1.807) is 4.57 Å². The molecule has 0 aliphatic heterocycles. The second-order valence-electron chi connectivity index (χ2n) is 6.41. The maximum atomic E-state index is 13.1. The van der Waals surface area contributed by atoms with Crippen LogP contribution >= 0.6 is 11.8 Å². The number of hydrogen-bond acceptors (Lipinski definition) is 4. The molecule has 2 aromatic rings. The smallest absolute Gasteiger partial charge is 0.265 e. The minimum atomic E-state index is -0.150. The predicted octanol–water partition coefficient (Wildman–Crippen LogP) is 4.79. The molecule has 0 unspecified atom stereocenters. The van der Waals surface area contributed by atoms with Gasteiger partial charge < -0.3 is 5.11 Å². The summed E-state index contributed by atoms with van der Waals surface area (Å²) in [7, 11) is 0. The van der Waals surface area contributed by atoms with Gasteiger partial charge >= 0.3 is 0 Å². The van der Waals surface area contributed by atoms with Gasteiger partial charge in [-0.15, -0.1) is 0 Å². The molecule has 25 heavy (non-hydrogen) atoms. The maximum absolute atomic E-state index is 13.1. The molecule has 0 amide bonds. The molecule has 0 aliphatic carbocycles. The highest BCUT2D eigenvalue weighted by atomic mass is 32.2. The summed E-state index contributed by atoms with van der Waals surface area (Å²) in [5, 5.41) is 10.9. The van der Waals surface area contributed by atoms with Gasteiger partial charge in [0.05, 0.1) is 11.3 Å². The molecule has 0 spiro atoms. The van der Waals surface area contributed by atoms with Gasteiger partial charge in [-0.1, -0.05) is 44.5 Å². The lowest BCUT2D eigenvalue weighted by Crippen LogP contribution is -2.25. The van der Waals surface area contributed by atoms with Crippen molar-refractivity contribution >= 4 is 11.8 Å². The molecule has 1 heterocycles. The van der Waals surface area contributed by atoms with E-state index in [9.17, 15) is 9.90 Å². The number of aromatic nitrogens is 2. The fraction of sp³-hybridized carbons (Fsp3) is 0.500. The first kappa shape index (κ1) is 19.6. The van der Waals surface area contributed by atoms with Crippen molar-refractivity contribution in [2.24, 2.45) is 0 Å². The number of hydrogen-bond donors (Lipinski definition) is 1. The van der Waals surface area contributed by atoms with Crippen molar-refractivity contribution in [3.05, 3.63) is 45.2 Å². The average Bonchev–Trinajstić information content (AvgIpc) is 2.58. The number of benzene rings is 1. The van der Waals surface area contributed by atoms with Crippen molar-refractivity contribution in [1.82, 2.24) is 9.55 Å². The Bertz CT molecular complexity index is 784. The Labute approximate surface area is 154 Å². The highest BCUT2D eigenvalue weighted by Gasteiger charge is 2.17. The molecule has 0 aliphatic rings. The van der Waals surface area contributed by atoms with Crippen molar-refractivity contribution < 1.29 is 5.11 Å². The first-order valence-corrected chi connectivity index (χ1v) is 10.0. The van der Waals surface area contributed by atoms with Crippen LogP contribution in [0.2, 0.25) is 0 Å². The largest absolute Gasteiger partial charge is 0.493 e. The second-order valence-corrected chi connectivity index (χ2v) is 7.47. The SMILES string of the molecule is CCCCSc1nc(O)c(CCCC)c(=O)n1-c1ccc(C)c(C)c1. The number of unbranched alkanes of at least 4 members (excludes halogenated alkanes) is 2. The van der Waals surface area contributed by atoms with Gasteiger partial charge in [-0.25, -0.2) is 0 Å². The van der Waals surface area contributed by atoms with Gasteiger partial charge in [0.1, 0.15) is 0 Å². The van der Waals surface area contributed by atoms with Gasteiger partial charge in [0, 0.05) is 5.75 Å². The number of nitrogens with zero attached hydrogens (tertiary/aromatic N) is 2. The molecule has 0 bridgehead atoms. The molecular weight excluding hydrogens is 332 g/mol. The zero-order valence-electron chi connectivity index (χ0n) is 15.6. The quantitative estimate of drug-likeness (QED) is 0.418. The van der Waals surface area contributed by atoms with Crippen molar-refractivity contribution in [3.8, 4) is 11.6 Å². The van der Waals surface area contributed by atoms with Crippen molar-refractivity contribution in [3.63, 3.8) is 0 Å². The monoisotopic (exact) mass is 360 g/mol. The van der Waals surface area contributed by atoms with Crippen LogP contribution in [0.5, 0.6) is 5.88 Å². The van der Waals surface area contributed by atoms with Crippen LogP contribution in [0.4, 0.5) is 0 Å². The Balaban J connectivity index is 2.58. The van der Waals surface area contributed by atoms with E-state index < -0.39 is 0 Å². The zero-order valence-corrected chi connectivity index (χ0v) is 16.4. The first-order valence-electron chi connectivity index (χ1n) is 9.04. The van der Waals surface area contributed by atoms with E-state index in [-0.39, 0.29) is 11.4 Å². The summed E-state index contributed by atoms with van der Waals surface area (Å²) in [6.45, 7) is 8.30. The predicted molar refractivity (Wildman–Crippen MR) is 105 cm³/mol. The summed E-state index contributed by atoms with van der Waals surface area (Å²) in [6, 6.07) is 6.00. The van der Waals surface area contributed by atoms with Gasteiger partial charge in [0.15, 0.2) is 5.16 Å². The average molecular weight is 361 g/mol. The Kier molecular flexibility index (Phi) is 7.12. The lowest BCUT2D eigenvalue weighted by Gasteiger charge is -2.15. The van der Waals surface area contributed by atoms with E-state index in [2.05, 4.69) is 25.8 Å². The Morgan fingerprint density at radius 1 is 1.12 bits per heavy atom. The van der Waals surface area contributed by atoms with Gasteiger partial charge in [-0.2, -0.15) is 4.98 Å². The number of rotatable bonds is 8. The number of thioether (sulfide) groups is 1. The van der Waals surface area contributed by atoms with Gasteiger partial charge in [0.25, 0.3) is 5.56 Å². The van der Waals surface area contributed by atoms with Crippen LogP contribution in [-0.2, 0) is 6.42 Å². The summed E-state index contributed by atoms with van der Waals surface area (Å²) in [6.07, 6.45) is 4.52. The van der Waals surface area contributed by atoms with E-state index in [1.165, 1.54) is 17.3 Å². The number of aromatic hydroxyl groups is 1. The van der Waals surface area contributed by atoms with Gasteiger partial charge in [-0.05, 0) is 56.4 Å². The van der Waals surface area contributed by atoms with E-state index in [4.69, 9.17) is 0 Å². The summed E-state index contributed by atoms with van der Waals surface area (Å²) >= 11 is 1.53. The van der Waals surface area contributed by atoms with Crippen LogP contribution < -0.4 is 5.56 Å². The molecule has 2 rings (SSSR count). The molecule has 5 heteroatoms. The molecular formula is C20H28N2O2S. The Morgan fingerprint density at radius 2 is 1.84 bits per heavy atom. The third-order valence-corrected chi connectivity index (χ3v) is 5.41. The standard InChI is InChI=1S/C20H28N2O2S/c1-5-7-9-17-18(23)21-20(25-12-8-6-2)22(19(17)24)16-11-10-14(3)15(4)13-16/h10-11,13,23H,5-9,12H2,1-4H3. The molecule has 136 valence electrons. The summed E-state index contributed by atoms with van der Waals surface area (Å²) in [4.78, 5) is 17.5. The summed E-state index contributed by atoms with van der Waals surface area (Å²) in [5.41, 5.74) is 3.41. The highest BCUT2D eigenvalue weighted by molar-refractivity contribution is 7.99. The minimum absolute atomic E-state index is 0.113. The van der Waals surface area contributed by atoms with E-state index in [0.29, 0.717) is 17.1 Å².